The number of hydrogen-bond acceptors (Lipinski definition) is 3. The summed E-state index contributed by atoms with van der Waals surface area (Å²) in [5.41, 5.74) is 0.310. The number of benzene rings is 1. The summed E-state index contributed by atoms with van der Waals surface area (Å²) >= 11 is 5.90. The fraction of sp³-hybridized carbons (Fsp3) is 0.400. The summed E-state index contributed by atoms with van der Waals surface area (Å²) in [4.78, 5) is 37.0. The summed E-state index contributed by atoms with van der Waals surface area (Å²) in [5, 5.41) is 5.30. The highest BCUT2D eigenvalue weighted by Gasteiger charge is 2.18. The van der Waals surface area contributed by atoms with Gasteiger partial charge >= 0.3 is 0 Å². The van der Waals surface area contributed by atoms with Gasteiger partial charge in [-0.15, -0.1) is 0 Å². The Hall–Kier alpha value is -2.08. The fourth-order valence-corrected chi connectivity index (χ4v) is 2.44. The Labute approximate surface area is 133 Å². The van der Waals surface area contributed by atoms with Crippen molar-refractivity contribution in [1.29, 1.82) is 0 Å². The number of rotatable bonds is 5. The zero-order valence-electron chi connectivity index (χ0n) is 12.1. The molecule has 0 saturated carbocycles. The van der Waals surface area contributed by atoms with Crippen LogP contribution in [0.2, 0.25) is 5.02 Å². The van der Waals surface area contributed by atoms with Crippen molar-refractivity contribution in [3.63, 3.8) is 0 Å². The van der Waals surface area contributed by atoms with E-state index < -0.39 is 11.8 Å². The van der Waals surface area contributed by atoms with Gasteiger partial charge in [-0.2, -0.15) is 0 Å². The third-order valence-corrected chi connectivity index (χ3v) is 3.75. The molecular formula is C15H18ClN3O3. The maximum atomic E-state index is 11.9. The fourth-order valence-electron chi connectivity index (χ4n) is 2.22. The molecule has 1 aromatic rings. The minimum Gasteiger partial charge on any atom is -0.345 e. The van der Waals surface area contributed by atoms with E-state index in [-0.39, 0.29) is 19.0 Å². The second-order valence-electron chi connectivity index (χ2n) is 5.03. The summed E-state index contributed by atoms with van der Waals surface area (Å²) in [6, 6.07) is 6.59. The lowest BCUT2D eigenvalue weighted by Crippen LogP contribution is -2.42. The Kier molecular flexibility index (Phi) is 5.77. The summed E-state index contributed by atoms with van der Waals surface area (Å²) in [6.07, 6.45) is 2.02. The maximum Gasteiger partial charge on any atom is 0.253 e. The van der Waals surface area contributed by atoms with Gasteiger partial charge in [0.25, 0.3) is 5.91 Å². The van der Waals surface area contributed by atoms with Gasteiger partial charge in [0, 0.05) is 13.1 Å². The van der Waals surface area contributed by atoms with Crippen LogP contribution < -0.4 is 10.6 Å². The first-order valence-electron chi connectivity index (χ1n) is 7.15. The molecule has 1 heterocycles. The number of carbonyl (C=O) groups excluding carboxylic acids is 3. The van der Waals surface area contributed by atoms with Crippen molar-refractivity contribution in [3.05, 3.63) is 34.9 Å². The Bertz CT molecular complexity index is 571. The van der Waals surface area contributed by atoms with E-state index in [0.717, 1.165) is 25.9 Å². The number of carbonyl (C=O) groups is 3. The molecule has 118 valence electrons. The first kappa shape index (κ1) is 16.3. The summed E-state index contributed by atoms with van der Waals surface area (Å²) in [5.74, 6) is -0.928. The van der Waals surface area contributed by atoms with Crippen molar-refractivity contribution in [2.24, 2.45) is 0 Å². The van der Waals surface area contributed by atoms with Crippen LogP contribution in [-0.4, -0.2) is 48.8 Å². The van der Waals surface area contributed by atoms with Crippen LogP contribution in [0.1, 0.15) is 23.2 Å². The summed E-state index contributed by atoms with van der Waals surface area (Å²) < 4.78 is 0. The third-order valence-electron chi connectivity index (χ3n) is 3.42. The average molecular weight is 324 g/mol. The van der Waals surface area contributed by atoms with Gasteiger partial charge in [-0.05, 0) is 25.0 Å². The second kappa shape index (κ2) is 7.79. The molecule has 2 rings (SSSR count). The third kappa shape index (κ3) is 4.46. The van der Waals surface area contributed by atoms with Gasteiger partial charge in [0.05, 0.1) is 23.7 Å². The molecule has 7 heteroatoms. The van der Waals surface area contributed by atoms with Crippen LogP contribution in [0.25, 0.3) is 0 Å². The van der Waals surface area contributed by atoms with Crippen LogP contribution in [0, 0.1) is 0 Å². The van der Waals surface area contributed by atoms with E-state index in [1.807, 2.05) is 0 Å². The summed E-state index contributed by atoms with van der Waals surface area (Å²) in [6.45, 7) is 1.26. The molecule has 0 aromatic heterocycles. The highest BCUT2D eigenvalue weighted by atomic mass is 35.5. The molecular weight excluding hydrogens is 306 g/mol. The highest BCUT2D eigenvalue weighted by molar-refractivity contribution is 6.33. The van der Waals surface area contributed by atoms with E-state index in [1.165, 1.54) is 0 Å². The van der Waals surface area contributed by atoms with E-state index in [0.29, 0.717) is 10.6 Å². The quantitative estimate of drug-likeness (QED) is 0.841. The first-order valence-corrected chi connectivity index (χ1v) is 7.53. The van der Waals surface area contributed by atoms with Crippen LogP contribution in [0.15, 0.2) is 24.3 Å². The predicted molar refractivity (Wildman–Crippen MR) is 82.6 cm³/mol. The smallest absolute Gasteiger partial charge is 0.253 e. The molecule has 1 saturated heterocycles. The van der Waals surface area contributed by atoms with Crippen LogP contribution >= 0.6 is 11.6 Å². The number of nitrogens with one attached hydrogen (secondary N) is 2. The lowest BCUT2D eigenvalue weighted by molar-refractivity contribution is -0.131. The van der Waals surface area contributed by atoms with E-state index in [1.54, 1.807) is 29.2 Å². The molecule has 1 fully saturated rings. The van der Waals surface area contributed by atoms with E-state index in [2.05, 4.69) is 10.6 Å². The van der Waals surface area contributed by atoms with Gasteiger partial charge in [0.2, 0.25) is 11.8 Å². The Morgan fingerprint density at radius 1 is 1.05 bits per heavy atom. The van der Waals surface area contributed by atoms with Gasteiger partial charge in [-0.25, -0.2) is 0 Å². The molecule has 3 amide bonds. The van der Waals surface area contributed by atoms with Crippen molar-refractivity contribution >= 4 is 29.3 Å². The Morgan fingerprint density at radius 2 is 1.73 bits per heavy atom. The van der Waals surface area contributed by atoms with E-state index in [4.69, 9.17) is 11.6 Å². The minimum atomic E-state index is -0.424. The minimum absolute atomic E-state index is 0.0409. The van der Waals surface area contributed by atoms with Gasteiger partial charge in [-0.1, -0.05) is 23.7 Å². The monoisotopic (exact) mass is 323 g/mol. The Morgan fingerprint density at radius 3 is 2.41 bits per heavy atom. The normalized spacial score (nSPS) is 13.8. The van der Waals surface area contributed by atoms with Gasteiger partial charge < -0.3 is 15.5 Å². The number of halogens is 1. The van der Waals surface area contributed by atoms with Crippen molar-refractivity contribution in [2.45, 2.75) is 12.8 Å². The molecule has 0 unspecified atom stereocenters. The summed E-state index contributed by atoms with van der Waals surface area (Å²) in [7, 11) is 0. The molecule has 0 atom stereocenters. The number of amides is 3. The van der Waals surface area contributed by atoms with Gasteiger partial charge in [0.15, 0.2) is 0 Å². The topological polar surface area (TPSA) is 78.5 Å². The lowest BCUT2D eigenvalue weighted by Gasteiger charge is -2.15. The second-order valence-corrected chi connectivity index (χ2v) is 5.43. The highest BCUT2D eigenvalue weighted by Crippen LogP contribution is 2.14. The van der Waals surface area contributed by atoms with E-state index >= 15 is 0 Å². The van der Waals surface area contributed by atoms with Crippen molar-refractivity contribution in [2.75, 3.05) is 26.2 Å². The van der Waals surface area contributed by atoms with Crippen LogP contribution in [0.4, 0.5) is 0 Å². The molecule has 6 nitrogen and oxygen atoms in total. The number of nitrogens with zero attached hydrogens (tertiary/aromatic N) is 1. The van der Waals surface area contributed by atoms with Crippen molar-refractivity contribution in [3.8, 4) is 0 Å². The van der Waals surface area contributed by atoms with Crippen LogP contribution in [0.3, 0.4) is 0 Å². The Balaban J connectivity index is 1.72. The molecule has 0 radical (unpaired) electrons. The SMILES string of the molecule is O=C(CNC(=O)c1ccccc1Cl)NCC(=O)N1CCCC1. The average Bonchev–Trinajstić information content (AvgIpc) is 3.05. The molecule has 2 N–H and O–H groups in total. The zero-order chi connectivity index (χ0) is 15.9. The molecule has 1 aliphatic rings. The molecule has 1 aromatic carbocycles. The molecule has 22 heavy (non-hydrogen) atoms. The zero-order valence-corrected chi connectivity index (χ0v) is 12.9. The van der Waals surface area contributed by atoms with Gasteiger partial charge in [0.1, 0.15) is 0 Å². The number of likely N-dealkylation sites (tertiary alicyclic amines) is 1. The van der Waals surface area contributed by atoms with Crippen molar-refractivity contribution in [1.82, 2.24) is 15.5 Å². The predicted octanol–water partition coefficient (Wildman–Crippen LogP) is 0.808. The van der Waals surface area contributed by atoms with Gasteiger partial charge in [-0.3, -0.25) is 14.4 Å². The largest absolute Gasteiger partial charge is 0.345 e. The van der Waals surface area contributed by atoms with E-state index in [9.17, 15) is 14.4 Å². The standard InChI is InChI=1S/C15H18ClN3O3/c16-12-6-2-1-5-11(12)15(22)18-9-13(20)17-10-14(21)19-7-3-4-8-19/h1-2,5-6H,3-4,7-10H2,(H,17,20)(H,18,22). The van der Waals surface area contributed by atoms with Crippen LogP contribution in [-0.2, 0) is 9.59 Å². The molecule has 0 aliphatic carbocycles. The molecule has 1 aliphatic heterocycles. The van der Waals surface area contributed by atoms with Crippen LogP contribution in [0.5, 0.6) is 0 Å². The maximum absolute atomic E-state index is 11.9. The molecule has 0 bridgehead atoms. The lowest BCUT2D eigenvalue weighted by atomic mass is 10.2. The van der Waals surface area contributed by atoms with Crippen molar-refractivity contribution < 1.29 is 14.4 Å². The number of hydrogen-bond donors (Lipinski definition) is 2. The first-order chi connectivity index (χ1) is 10.6. The molecule has 0 spiro atoms.